The average molecular weight is 288 g/mol. The molecule has 0 spiro atoms. The van der Waals surface area contributed by atoms with Gasteiger partial charge in [-0.2, -0.15) is 0 Å². The van der Waals surface area contributed by atoms with E-state index in [1.54, 1.807) is 6.20 Å². The molecule has 0 unspecified atom stereocenters. The summed E-state index contributed by atoms with van der Waals surface area (Å²) in [6.07, 6.45) is 2.43. The van der Waals surface area contributed by atoms with Gasteiger partial charge in [-0.05, 0) is 20.8 Å². The number of nitrogens with zero attached hydrogens (tertiary/aromatic N) is 2. The van der Waals surface area contributed by atoms with Crippen molar-refractivity contribution in [1.82, 2.24) is 15.3 Å². The van der Waals surface area contributed by atoms with Crippen LogP contribution in [-0.2, 0) is 5.33 Å². The first-order valence-corrected chi connectivity index (χ1v) is 5.90. The summed E-state index contributed by atoms with van der Waals surface area (Å²) < 4.78 is 4.95. The largest absolute Gasteiger partial charge is 0.414 e. The first-order chi connectivity index (χ1) is 7.40. The SMILES string of the molecule is CC(C)(C)NC(=O)Oc1cnc(CBr)cn1. The van der Waals surface area contributed by atoms with E-state index < -0.39 is 6.09 Å². The van der Waals surface area contributed by atoms with E-state index in [0.717, 1.165) is 5.69 Å². The maximum Gasteiger partial charge on any atom is 0.414 e. The van der Waals surface area contributed by atoms with Crippen LogP contribution in [0.3, 0.4) is 0 Å². The Balaban J connectivity index is 2.56. The Morgan fingerprint density at radius 3 is 2.56 bits per heavy atom. The molecule has 0 aromatic carbocycles. The Labute approximate surface area is 103 Å². The Kier molecular flexibility index (Phi) is 4.23. The minimum absolute atomic E-state index is 0.187. The zero-order valence-electron chi connectivity index (χ0n) is 9.45. The number of ether oxygens (including phenoxy) is 1. The van der Waals surface area contributed by atoms with Crippen LogP contribution in [0, 0.1) is 0 Å². The molecular formula is C10H14BrN3O2. The van der Waals surface area contributed by atoms with Gasteiger partial charge in [0.25, 0.3) is 0 Å². The highest BCUT2D eigenvalue weighted by molar-refractivity contribution is 9.08. The summed E-state index contributed by atoms with van der Waals surface area (Å²) in [4.78, 5) is 19.3. The molecule has 1 amide bonds. The highest BCUT2D eigenvalue weighted by Crippen LogP contribution is 2.07. The number of hydrogen-bond donors (Lipinski definition) is 1. The normalized spacial score (nSPS) is 11.0. The molecule has 0 radical (unpaired) electrons. The fraction of sp³-hybridized carbons (Fsp3) is 0.500. The molecule has 1 N–H and O–H groups in total. The predicted octanol–water partition coefficient (Wildman–Crippen LogP) is 2.26. The number of carbonyl (C=O) groups is 1. The van der Waals surface area contributed by atoms with Crippen molar-refractivity contribution in [3.63, 3.8) is 0 Å². The second-order valence-electron chi connectivity index (χ2n) is 4.24. The number of aromatic nitrogens is 2. The van der Waals surface area contributed by atoms with Crippen molar-refractivity contribution < 1.29 is 9.53 Å². The highest BCUT2D eigenvalue weighted by atomic mass is 79.9. The van der Waals surface area contributed by atoms with Crippen molar-refractivity contribution in [3.05, 3.63) is 18.1 Å². The van der Waals surface area contributed by atoms with Crippen LogP contribution < -0.4 is 10.1 Å². The van der Waals surface area contributed by atoms with E-state index in [2.05, 4.69) is 31.2 Å². The number of carbonyl (C=O) groups excluding carboxylic acids is 1. The van der Waals surface area contributed by atoms with Crippen molar-refractivity contribution in [2.75, 3.05) is 0 Å². The smallest absolute Gasteiger partial charge is 0.390 e. The minimum atomic E-state index is -0.534. The van der Waals surface area contributed by atoms with Crippen LogP contribution in [0.2, 0.25) is 0 Å². The van der Waals surface area contributed by atoms with E-state index in [-0.39, 0.29) is 11.4 Å². The van der Waals surface area contributed by atoms with Crippen LogP contribution in [-0.4, -0.2) is 21.6 Å². The van der Waals surface area contributed by atoms with Crippen molar-refractivity contribution in [2.45, 2.75) is 31.6 Å². The second-order valence-corrected chi connectivity index (χ2v) is 4.80. The lowest BCUT2D eigenvalue weighted by atomic mass is 10.1. The topological polar surface area (TPSA) is 64.1 Å². The Hall–Kier alpha value is -1.17. The summed E-state index contributed by atoms with van der Waals surface area (Å²) in [6, 6.07) is 0. The molecular weight excluding hydrogens is 274 g/mol. The van der Waals surface area contributed by atoms with Crippen LogP contribution in [0.25, 0.3) is 0 Å². The lowest BCUT2D eigenvalue weighted by Crippen LogP contribution is -2.42. The quantitative estimate of drug-likeness (QED) is 0.848. The lowest BCUT2D eigenvalue weighted by Gasteiger charge is -2.19. The summed E-state index contributed by atoms with van der Waals surface area (Å²) in [5.41, 5.74) is 0.448. The van der Waals surface area contributed by atoms with E-state index in [0.29, 0.717) is 5.33 Å². The maximum absolute atomic E-state index is 11.4. The van der Waals surface area contributed by atoms with Gasteiger partial charge >= 0.3 is 6.09 Å². The highest BCUT2D eigenvalue weighted by Gasteiger charge is 2.15. The van der Waals surface area contributed by atoms with Crippen LogP contribution >= 0.6 is 15.9 Å². The Bertz CT molecular complexity index is 359. The third-order valence-electron chi connectivity index (χ3n) is 1.49. The molecule has 0 aliphatic heterocycles. The number of alkyl halides is 1. The number of rotatable bonds is 2. The van der Waals surface area contributed by atoms with E-state index >= 15 is 0 Å². The molecule has 6 heteroatoms. The van der Waals surface area contributed by atoms with Gasteiger partial charge in [0.1, 0.15) is 0 Å². The fourth-order valence-electron chi connectivity index (χ4n) is 0.891. The van der Waals surface area contributed by atoms with Gasteiger partial charge in [-0.3, -0.25) is 4.98 Å². The summed E-state index contributed by atoms with van der Waals surface area (Å²) >= 11 is 3.25. The number of hydrogen-bond acceptors (Lipinski definition) is 4. The molecule has 0 bridgehead atoms. The van der Waals surface area contributed by atoms with E-state index in [4.69, 9.17) is 4.74 Å². The van der Waals surface area contributed by atoms with Crippen LogP contribution in [0.15, 0.2) is 12.4 Å². The zero-order valence-corrected chi connectivity index (χ0v) is 11.0. The second kappa shape index (κ2) is 5.25. The van der Waals surface area contributed by atoms with E-state index in [1.807, 2.05) is 20.8 Å². The number of amides is 1. The standard InChI is InChI=1S/C10H14BrN3O2/c1-10(2,3)14-9(15)16-8-6-12-7(4-11)5-13-8/h5-6H,4H2,1-3H3,(H,14,15). The summed E-state index contributed by atoms with van der Waals surface area (Å²) in [5.74, 6) is 0.187. The fourth-order valence-corrected chi connectivity index (χ4v) is 1.18. The molecule has 88 valence electrons. The van der Waals surface area contributed by atoms with Crippen LogP contribution in [0.5, 0.6) is 5.88 Å². The van der Waals surface area contributed by atoms with E-state index in [9.17, 15) is 4.79 Å². The first-order valence-electron chi connectivity index (χ1n) is 4.77. The third-order valence-corrected chi connectivity index (χ3v) is 2.07. The van der Waals surface area contributed by atoms with E-state index in [1.165, 1.54) is 6.20 Å². The van der Waals surface area contributed by atoms with Gasteiger partial charge in [-0.15, -0.1) is 0 Å². The maximum atomic E-state index is 11.4. The van der Waals surface area contributed by atoms with Crippen LogP contribution in [0.4, 0.5) is 4.79 Å². The molecule has 1 aromatic heterocycles. The molecule has 0 saturated heterocycles. The monoisotopic (exact) mass is 287 g/mol. The molecule has 16 heavy (non-hydrogen) atoms. The molecule has 0 atom stereocenters. The van der Waals surface area contributed by atoms with Crippen LogP contribution in [0.1, 0.15) is 26.5 Å². The molecule has 1 rings (SSSR count). The zero-order chi connectivity index (χ0) is 12.2. The first kappa shape index (κ1) is 12.9. The van der Waals surface area contributed by atoms with Gasteiger partial charge in [0.2, 0.25) is 5.88 Å². The van der Waals surface area contributed by atoms with Gasteiger partial charge in [0, 0.05) is 10.9 Å². The van der Waals surface area contributed by atoms with Gasteiger partial charge in [0.05, 0.1) is 18.1 Å². The van der Waals surface area contributed by atoms with Crippen molar-refractivity contribution in [3.8, 4) is 5.88 Å². The molecule has 5 nitrogen and oxygen atoms in total. The molecule has 0 fully saturated rings. The molecule has 1 heterocycles. The van der Waals surface area contributed by atoms with Gasteiger partial charge < -0.3 is 10.1 Å². The number of nitrogens with one attached hydrogen (secondary N) is 1. The number of halogens is 1. The lowest BCUT2D eigenvalue weighted by molar-refractivity contribution is 0.188. The molecule has 0 aliphatic carbocycles. The Morgan fingerprint density at radius 2 is 2.12 bits per heavy atom. The Morgan fingerprint density at radius 1 is 1.44 bits per heavy atom. The molecule has 0 saturated carbocycles. The van der Waals surface area contributed by atoms with Crippen molar-refractivity contribution in [2.24, 2.45) is 0 Å². The van der Waals surface area contributed by atoms with Crippen molar-refractivity contribution in [1.29, 1.82) is 0 Å². The summed E-state index contributed by atoms with van der Waals surface area (Å²) in [5, 5.41) is 3.28. The van der Waals surface area contributed by atoms with Gasteiger partial charge in [-0.25, -0.2) is 9.78 Å². The molecule has 1 aromatic rings. The summed E-state index contributed by atoms with van der Waals surface area (Å²) in [7, 11) is 0. The third kappa shape index (κ3) is 4.57. The predicted molar refractivity (Wildman–Crippen MR) is 63.6 cm³/mol. The van der Waals surface area contributed by atoms with Gasteiger partial charge in [0.15, 0.2) is 0 Å². The minimum Gasteiger partial charge on any atom is -0.390 e. The summed E-state index contributed by atoms with van der Waals surface area (Å²) in [6.45, 7) is 5.61. The van der Waals surface area contributed by atoms with Gasteiger partial charge in [-0.1, -0.05) is 15.9 Å². The molecule has 0 aliphatic rings. The van der Waals surface area contributed by atoms with Crippen molar-refractivity contribution >= 4 is 22.0 Å². The average Bonchev–Trinajstić information content (AvgIpc) is 2.16.